The first kappa shape index (κ1) is 25.9. The molecule has 3 atom stereocenters. The van der Waals surface area contributed by atoms with Gasteiger partial charge in [-0.05, 0) is 31.5 Å². The van der Waals surface area contributed by atoms with Crippen LogP contribution in [0.3, 0.4) is 0 Å². The van der Waals surface area contributed by atoms with Gasteiger partial charge in [-0.1, -0.05) is 30.3 Å². The fraction of sp³-hybridized carbons (Fsp3) is 0.308. The summed E-state index contributed by atoms with van der Waals surface area (Å²) in [6.45, 7) is 3.59. The van der Waals surface area contributed by atoms with Crippen LogP contribution in [0.4, 0.5) is 0 Å². The molecular formula is C26H29N3O6S. The van der Waals surface area contributed by atoms with Crippen LogP contribution in [0.5, 0.6) is 11.5 Å². The van der Waals surface area contributed by atoms with Gasteiger partial charge in [-0.2, -0.15) is 4.98 Å². The zero-order chi connectivity index (χ0) is 25.8. The number of hydrogen-bond donors (Lipinski definition) is 2. The Bertz CT molecular complexity index is 1330. The number of aliphatic hydroxyl groups excluding tert-OH is 2. The summed E-state index contributed by atoms with van der Waals surface area (Å²) < 4.78 is 31.6. The second-order valence-corrected chi connectivity index (χ2v) is 9.60. The molecule has 0 saturated carbocycles. The molecule has 190 valence electrons. The fourth-order valence-electron chi connectivity index (χ4n) is 3.97. The number of aryl methyl sites for hydroxylation is 1. The van der Waals surface area contributed by atoms with Gasteiger partial charge in [0.05, 0.1) is 30.9 Å². The Morgan fingerprint density at radius 3 is 2.50 bits per heavy atom. The van der Waals surface area contributed by atoms with Crippen LogP contribution in [0.15, 0.2) is 59.9 Å². The van der Waals surface area contributed by atoms with Crippen LogP contribution in [-0.2, 0) is 28.4 Å². The quantitative estimate of drug-likeness (QED) is 0.245. The van der Waals surface area contributed by atoms with Gasteiger partial charge in [0.15, 0.2) is 12.0 Å². The Hall–Kier alpha value is -3.15. The number of imidazole rings is 1. The SMILES string of the molecule is COc1ccc2nc([S@@+]([O-])Cc3ncc(C)c(OC)c3C)n(CO[C@H](O)[C@H](O)c3ccccc3)c2c1. The fourth-order valence-corrected chi connectivity index (χ4v) is 5.23. The molecule has 2 N–H and O–H groups in total. The summed E-state index contributed by atoms with van der Waals surface area (Å²) in [6, 6.07) is 14.0. The van der Waals surface area contributed by atoms with Crippen LogP contribution >= 0.6 is 0 Å². The van der Waals surface area contributed by atoms with Gasteiger partial charge >= 0.3 is 5.16 Å². The van der Waals surface area contributed by atoms with Crippen molar-refractivity contribution in [3.63, 3.8) is 0 Å². The van der Waals surface area contributed by atoms with E-state index in [0.29, 0.717) is 33.8 Å². The lowest BCUT2D eigenvalue weighted by Gasteiger charge is -2.20. The number of hydrogen-bond acceptors (Lipinski definition) is 8. The summed E-state index contributed by atoms with van der Waals surface area (Å²) in [5.41, 5.74) is 4.06. The minimum Gasteiger partial charge on any atom is -0.609 e. The molecule has 4 rings (SSSR count). The van der Waals surface area contributed by atoms with Gasteiger partial charge in [0.25, 0.3) is 0 Å². The first-order valence-corrected chi connectivity index (χ1v) is 12.6. The van der Waals surface area contributed by atoms with Gasteiger partial charge in [-0.3, -0.25) is 9.55 Å². The summed E-state index contributed by atoms with van der Waals surface area (Å²) in [6.07, 6.45) is -1.07. The third-order valence-electron chi connectivity index (χ3n) is 5.93. The lowest BCUT2D eigenvalue weighted by Crippen LogP contribution is -2.24. The van der Waals surface area contributed by atoms with Crippen LogP contribution in [0.2, 0.25) is 0 Å². The topological polar surface area (TPSA) is 122 Å². The maximum atomic E-state index is 13.5. The Kier molecular flexibility index (Phi) is 8.12. The van der Waals surface area contributed by atoms with E-state index in [2.05, 4.69) is 9.97 Å². The summed E-state index contributed by atoms with van der Waals surface area (Å²) in [4.78, 5) is 9.04. The minimum atomic E-state index is -1.61. The third-order valence-corrected chi connectivity index (χ3v) is 7.18. The number of aliphatic hydroxyl groups is 2. The predicted molar refractivity (Wildman–Crippen MR) is 135 cm³/mol. The van der Waals surface area contributed by atoms with E-state index in [1.54, 1.807) is 67.4 Å². The number of pyridine rings is 1. The number of methoxy groups -OCH3 is 2. The number of ether oxygens (including phenoxy) is 3. The molecule has 2 aromatic carbocycles. The Labute approximate surface area is 212 Å². The van der Waals surface area contributed by atoms with E-state index in [-0.39, 0.29) is 17.6 Å². The predicted octanol–water partition coefficient (Wildman–Crippen LogP) is 3.40. The molecular weight excluding hydrogens is 482 g/mol. The van der Waals surface area contributed by atoms with Crippen LogP contribution < -0.4 is 9.47 Å². The highest BCUT2D eigenvalue weighted by molar-refractivity contribution is 7.90. The van der Waals surface area contributed by atoms with Crippen molar-refractivity contribution >= 4 is 22.2 Å². The molecule has 0 aliphatic rings. The molecule has 36 heavy (non-hydrogen) atoms. The van der Waals surface area contributed by atoms with Gasteiger partial charge in [0, 0.05) is 34.6 Å². The summed E-state index contributed by atoms with van der Waals surface area (Å²) >= 11 is -1.61. The molecule has 0 aliphatic heterocycles. The van der Waals surface area contributed by atoms with E-state index in [1.165, 1.54) is 0 Å². The van der Waals surface area contributed by atoms with E-state index in [1.807, 2.05) is 19.9 Å². The van der Waals surface area contributed by atoms with Crippen molar-refractivity contribution in [3.8, 4) is 11.5 Å². The molecule has 0 unspecified atom stereocenters. The summed E-state index contributed by atoms with van der Waals surface area (Å²) in [5.74, 6) is 1.40. The first-order chi connectivity index (χ1) is 17.3. The van der Waals surface area contributed by atoms with Gasteiger partial charge < -0.3 is 29.0 Å². The van der Waals surface area contributed by atoms with E-state index in [9.17, 15) is 14.8 Å². The van der Waals surface area contributed by atoms with Gasteiger partial charge in [0.2, 0.25) is 0 Å². The monoisotopic (exact) mass is 511 g/mol. The van der Waals surface area contributed by atoms with E-state index >= 15 is 0 Å². The molecule has 9 nitrogen and oxygen atoms in total. The first-order valence-electron chi connectivity index (χ1n) is 11.3. The molecule has 0 aliphatic carbocycles. The molecule has 2 aromatic heterocycles. The number of aromatic nitrogens is 3. The number of rotatable bonds is 10. The summed E-state index contributed by atoms with van der Waals surface area (Å²) in [7, 11) is 3.14. The standard InChI is InChI=1S/C26H29N3O6S/c1-16-13-27-21(17(2)24(16)34-4)14-36(32)26-28-20-11-10-19(33-3)12-22(20)29(26)15-35-25(31)23(30)18-8-6-5-7-9-18/h5-13,23,25,30-31H,14-15H2,1-4H3/t23-,25+,36+/m1/s1. The zero-order valence-corrected chi connectivity index (χ0v) is 21.4. The Balaban J connectivity index is 1.64. The zero-order valence-electron chi connectivity index (χ0n) is 20.5. The second-order valence-electron chi connectivity index (χ2n) is 8.25. The van der Waals surface area contributed by atoms with Crippen LogP contribution in [0.1, 0.15) is 28.5 Å². The van der Waals surface area contributed by atoms with Crippen LogP contribution in [-0.4, -0.2) is 49.8 Å². The number of fused-ring (bicyclic) bond motifs is 1. The molecule has 0 radical (unpaired) electrons. The molecule has 2 heterocycles. The van der Waals surface area contributed by atoms with Crippen molar-refractivity contribution in [2.24, 2.45) is 0 Å². The van der Waals surface area contributed by atoms with Crippen molar-refractivity contribution in [1.29, 1.82) is 0 Å². The second kappa shape index (κ2) is 11.3. The van der Waals surface area contributed by atoms with Crippen molar-refractivity contribution in [2.75, 3.05) is 14.2 Å². The summed E-state index contributed by atoms with van der Waals surface area (Å²) in [5, 5.41) is 21.2. The Morgan fingerprint density at radius 1 is 1.06 bits per heavy atom. The molecule has 0 amide bonds. The number of benzene rings is 2. The van der Waals surface area contributed by atoms with Crippen molar-refractivity contribution in [1.82, 2.24) is 14.5 Å². The average Bonchev–Trinajstić information content (AvgIpc) is 3.27. The smallest absolute Gasteiger partial charge is 0.326 e. The molecule has 0 fully saturated rings. The Morgan fingerprint density at radius 2 is 1.81 bits per heavy atom. The third kappa shape index (κ3) is 5.32. The van der Waals surface area contributed by atoms with Gasteiger partial charge in [-0.25, -0.2) is 0 Å². The van der Waals surface area contributed by atoms with Gasteiger partial charge in [0.1, 0.15) is 24.3 Å². The lowest BCUT2D eigenvalue weighted by atomic mass is 10.1. The minimum absolute atomic E-state index is 0.109. The van der Waals surface area contributed by atoms with E-state index in [4.69, 9.17) is 14.2 Å². The molecule has 4 aromatic rings. The molecule has 0 bridgehead atoms. The van der Waals surface area contributed by atoms with Crippen molar-refractivity contribution in [3.05, 3.63) is 77.1 Å². The highest BCUT2D eigenvalue weighted by atomic mass is 32.2. The molecule has 0 spiro atoms. The molecule has 10 heteroatoms. The van der Waals surface area contributed by atoms with Gasteiger partial charge in [-0.15, -0.1) is 0 Å². The van der Waals surface area contributed by atoms with E-state index < -0.39 is 23.6 Å². The normalized spacial score (nSPS) is 14.0. The highest BCUT2D eigenvalue weighted by Crippen LogP contribution is 2.29. The van der Waals surface area contributed by atoms with E-state index in [0.717, 1.165) is 11.1 Å². The van der Waals surface area contributed by atoms with Crippen molar-refractivity contribution < 1.29 is 29.0 Å². The largest absolute Gasteiger partial charge is 0.609 e. The average molecular weight is 512 g/mol. The van der Waals surface area contributed by atoms with Crippen LogP contribution in [0.25, 0.3) is 11.0 Å². The number of nitrogens with zero attached hydrogens (tertiary/aromatic N) is 3. The highest BCUT2D eigenvalue weighted by Gasteiger charge is 2.27. The van der Waals surface area contributed by atoms with Crippen molar-refractivity contribution in [2.45, 2.75) is 43.9 Å². The maximum Gasteiger partial charge on any atom is 0.326 e. The lowest BCUT2D eigenvalue weighted by molar-refractivity contribution is -0.183. The molecule has 0 saturated heterocycles. The van der Waals surface area contributed by atoms with Crippen LogP contribution in [0, 0.1) is 13.8 Å². The maximum absolute atomic E-state index is 13.5.